The summed E-state index contributed by atoms with van der Waals surface area (Å²) in [6, 6.07) is 8.63. The van der Waals surface area contributed by atoms with Gasteiger partial charge >= 0.3 is 6.36 Å². The Kier molecular flexibility index (Phi) is 4.26. The summed E-state index contributed by atoms with van der Waals surface area (Å²) < 4.78 is 41.1. The number of para-hydroxylation sites is 1. The highest BCUT2D eigenvalue weighted by Gasteiger charge is 2.33. The van der Waals surface area contributed by atoms with E-state index in [-0.39, 0.29) is 11.3 Å². The zero-order chi connectivity index (χ0) is 15.5. The normalized spacial score (nSPS) is 11.2. The van der Waals surface area contributed by atoms with Gasteiger partial charge in [0.25, 0.3) is 0 Å². The molecule has 0 aliphatic carbocycles. The Morgan fingerprint density at radius 3 is 2.57 bits per heavy atom. The van der Waals surface area contributed by atoms with E-state index >= 15 is 0 Å². The standard InChI is InChI=1S/C15H12F3NO2/c1-2-10-6-5-9-19-13(10)14(20)11-7-3-4-8-12(11)21-15(16,17)18/h3-9H,2H2,1H3. The van der Waals surface area contributed by atoms with Crippen LogP contribution in [0.3, 0.4) is 0 Å². The molecule has 0 atom stereocenters. The summed E-state index contributed by atoms with van der Waals surface area (Å²) in [5.41, 5.74) is 0.644. The third kappa shape index (κ3) is 3.59. The number of carbonyl (C=O) groups excluding carboxylic acids is 1. The second kappa shape index (κ2) is 5.95. The maximum atomic E-state index is 12.4. The summed E-state index contributed by atoms with van der Waals surface area (Å²) in [5, 5.41) is 0. The molecule has 2 aromatic rings. The van der Waals surface area contributed by atoms with Crippen LogP contribution in [-0.4, -0.2) is 17.1 Å². The van der Waals surface area contributed by atoms with Crippen LogP contribution in [0.15, 0.2) is 42.6 Å². The molecule has 3 nitrogen and oxygen atoms in total. The molecule has 0 radical (unpaired) electrons. The van der Waals surface area contributed by atoms with Crippen molar-refractivity contribution in [2.24, 2.45) is 0 Å². The van der Waals surface area contributed by atoms with Crippen LogP contribution < -0.4 is 4.74 Å². The molecule has 0 fully saturated rings. The van der Waals surface area contributed by atoms with Crippen LogP contribution in [0.25, 0.3) is 0 Å². The predicted molar refractivity (Wildman–Crippen MR) is 70.2 cm³/mol. The molecular formula is C15H12F3NO2. The molecule has 0 amide bonds. The van der Waals surface area contributed by atoms with Crippen LogP contribution >= 0.6 is 0 Å². The fourth-order valence-corrected chi connectivity index (χ4v) is 1.92. The van der Waals surface area contributed by atoms with Crippen molar-refractivity contribution in [1.29, 1.82) is 0 Å². The topological polar surface area (TPSA) is 39.2 Å². The highest BCUT2D eigenvalue weighted by atomic mass is 19.4. The molecule has 1 heterocycles. The van der Waals surface area contributed by atoms with Crippen LogP contribution in [0.4, 0.5) is 13.2 Å². The number of pyridine rings is 1. The number of ether oxygens (including phenoxy) is 1. The van der Waals surface area contributed by atoms with E-state index in [2.05, 4.69) is 9.72 Å². The van der Waals surface area contributed by atoms with E-state index in [4.69, 9.17) is 0 Å². The monoisotopic (exact) mass is 295 g/mol. The maximum Gasteiger partial charge on any atom is 0.573 e. The molecule has 21 heavy (non-hydrogen) atoms. The highest BCUT2D eigenvalue weighted by Crippen LogP contribution is 2.28. The number of aryl methyl sites for hydroxylation is 1. The minimum Gasteiger partial charge on any atom is -0.405 e. The summed E-state index contributed by atoms with van der Waals surface area (Å²) in [5.74, 6) is -1.12. The molecular weight excluding hydrogens is 283 g/mol. The Morgan fingerprint density at radius 2 is 1.90 bits per heavy atom. The number of carbonyl (C=O) groups is 1. The van der Waals surface area contributed by atoms with Gasteiger partial charge in [0.1, 0.15) is 11.4 Å². The van der Waals surface area contributed by atoms with Gasteiger partial charge in [-0.25, -0.2) is 0 Å². The number of rotatable bonds is 4. The van der Waals surface area contributed by atoms with Gasteiger partial charge in [-0.2, -0.15) is 0 Å². The summed E-state index contributed by atoms with van der Waals surface area (Å²) in [4.78, 5) is 16.4. The average Bonchev–Trinajstić information content (AvgIpc) is 2.45. The van der Waals surface area contributed by atoms with Crippen LogP contribution in [0, 0.1) is 0 Å². The number of halogens is 3. The molecule has 0 bridgehead atoms. The van der Waals surface area contributed by atoms with Crippen LogP contribution in [-0.2, 0) is 6.42 Å². The second-order valence-electron chi connectivity index (χ2n) is 4.24. The second-order valence-corrected chi connectivity index (χ2v) is 4.24. The molecule has 2 rings (SSSR count). The Bertz CT molecular complexity index is 653. The lowest BCUT2D eigenvalue weighted by atomic mass is 10.0. The van der Waals surface area contributed by atoms with Gasteiger partial charge in [0, 0.05) is 6.20 Å². The number of ketones is 1. The van der Waals surface area contributed by atoms with E-state index in [0.29, 0.717) is 12.0 Å². The first kappa shape index (κ1) is 15.0. The predicted octanol–water partition coefficient (Wildman–Crippen LogP) is 3.77. The molecule has 0 spiro atoms. The van der Waals surface area contributed by atoms with Crippen molar-refractivity contribution < 1.29 is 22.7 Å². The van der Waals surface area contributed by atoms with Gasteiger partial charge in [0.15, 0.2) is 0 Å². The SMILES string of the molecule is CCc1cccnc1C(=O)c1ccccc1OC(F)(F)F. The molecule has 0 aliphatic rings. The van der Waals surface area contributed by atoms with E-state index in [0.717, 1.165) is 6.07 Å². The Morgan fingerprint density at radius 1 is 1.19 bits per heavy atom. The van der Waals surface area contributed by atoms with E-state index in [1.165, 1.54) is 24.4 Å². The highest BCUT2D eigenvalue weighted by molar-refractivity contribution is 6.10. The van der Waals surface area contributed by atoms with Crippen molar-refractivity contribution in [1.82, 2.24) is 4.98 Å². The molecule has 0 aliphatic heterocycles. The first-order chi connectivity index (χ1) is 9.92. The largest absolute Gasteiger partial charge is 0.573 e. The summed E-state index contributed by atoms with van der Waals surface area (Å²) in [7, 11) is 0. The number of hydrogen-bond donors (Lipinski definition) is 0. The first-order valence-corrected chi connectivity index (χ1v) is 6.25. The number of benzene rings is 1. The first-order valence-electron chi connectivity index (χ1n) is 6.25. The number of hydrogen-bond acceptors (Lipinski definition) is 3. The Labute approximate surface area is 119 Å². The fourth-order valence-electron chi connectivity index (χ4n) is 1.92. The summed E-state index contributed by atoms with van der Waals surface area (Å²) >= 11 is 0. The van der Waals surface area contributed by atoms with Crippen LogP contribution in [0.1, 0.15) is 28.5 Å². The molecule has 6 heteroatoms. The number of nitrogens with zero attached hydrogens (tertiary/aromatic N) is 1. The van der Waals surface area contributed by atoms with Gasteiger partial charge in [-0.1, -0.05) is 25.1 Å². The van der Waals surface area contributed by atoms with Gasteiger partial charge in [0.05, 0.1) is 5.56 Å². The smallest absolute Gasteiger partial charge is 0.405 e. The lowest BCUT2D eigenvalue weighted by Crippen LogP contribution is -2.19. The van der Waals surface area contributed by atoms with E-state index < -0.39 is 17.9 Å². The van der Waals surface area contributed by atoms with Gasteiger partial charge in [-0.3, -0.25) is 9.78 Å². The van der Waals surface area contributed by atoms with Crippen molar-refractivity contribution in [2.45, 2.75) is 19.7 Å². The third-order valence-corrected chi connectivity index (χ3v) is 2.84. The molecule has 0 N–H and O–H groups in total. The Balaban J connectivity index is 2.44. The van der Waals surface area contributed by atoms with Crippen molar-refractivity contribution >= 4 is 5.78 Å². The fraction of sp³-hybridized carbons (Fsp3) is 0.200. The maximum absolute atomic E-state index is 12.4. The van der Waals surface area contributed by atoms with Crippen molar-refractivity contribution in [3.8, 4) is 5.75 Å². The summed E-state index contributed by atoms with van der Waals surface area (Å²) in [6.45, 7) is 1.84. The zero-order valence-corrected chi connectivity index (χ0v) is 11.1. The zero-order valence-electron chi connectivity index (χ0n) is 11.1. The molecule has 110 valence electrons. The minimum atomic E-state index is -4.85. The lowest BCUT2D eigenvalue weighted by Gasteiger charge is -2.13. The van der Waals surface area contributed by atoms with Gasteiger partial charge in [-0.15, -0.1) is 13.2 Å². The molecule has 1 aromatic carbocycles. The number of aromatic nitrogens is 1. The molecule has 0 saturated heterocycles. The van der Waals surface area contributed by atoms with Gasteiger partial charge in [-0.05, 0) is 30.2 Å². The van der Waals surface area contributed by atoms with Crippen LogP contribution in [0.2, 0.25) is 0 Å². The molecule has 0 saturated carbocycles. The number of alkyl halides is 3. The van der Waals surface area contributed by atoms with Gasteiger partial charge in [0.2, 0.25) is 5.78 Å². The van der Waals surface area contributed by atoms with Crippen LogP contribution in [0.5, 0.6) is 5.75 Å². The van der Waals surface area contributed by atoms with Crippen molar-refractivity contribution in [2.75, 3.05) is 0 Å². The van der Waals surface area contributed by atoms with E-state index in [9.17, 15) is 18.0 Å². The summed E-state index contributed by atoms with van der Waals surface area (Å²) in [6.07, 6.45) is -2.87. The van der Waals surface area contributed by atoms with Gasteiger partial charge < -0.3 is 4.74 Å². The Hall–Kier alpha value is -2.37. The van der Waals surface area contributed by atoms with E-state index in [1.807, 2.05) is 6.92 Å². The van der Waals surface area contributed by atoms with Crippen molar-refractivity contribution in [3.05, 3.63) is 59.4 Å². The van der Waals surface area contributed by atoms with E-state index in [1.54, 1.807) is 12.1 Å². The quantitative estimate of drug-likeness (QED) is 0.806. The molecule has 0 unspecified atom stereocenters. The minimum absolute atomic E-state index is 0.137. The average molecular weight is 295 g/mol. The molecule has 1 aromatic heterocycles. The van der Waals surface area contributed by atoms with Crippen molar-refractivity contribution in [3.63, 3.8) is 0 Å². The third-order valence-electron chi connectivity index (χ3n) is 2.84. The lowest BCUT2D eigenvalue weighted by molar-refractivity contribution is -0.274.